The Balaban J connectivity index is 2.56. The second-order valence-corrected chi connectivity index (χ2v) is 6.89. The lowest BCUT2D eigenvalue weighted by molar-refractivity contribution is -0.132. The zero-order valence-electron chi connectivity index (χ0n) is 11.6. The SMILES string of the molecule is CCN(C(=O)CCc1ccco1)[C@H](C)CS(C)(=O)=O. The van der Waals surface area contributed by atoms with Gasteiger partial charge in [0.2, 0.25) is 5.91 Å². The summed E-state index contributed by atoms with van der Waals surface area (Å²) in [5, 5.41) is 0. The highest BCUT2D eigenvalue weighted by atomic mass is 32.2. The third-order valence-electron chi connectivity index (χ3n) is 2.90. The number of carbonyl (C=O) groups excluding carboxylic acids is 1. The first-order valence-electron chi connectivity index (χ1n) is 6.33. The molecule has 0 aliphatic rings. The molecule has 6 heteroatoms. The molecule has 0 fully saturated rings. The minimum absolute atomic E-state index is 0.00662. The van der Waals surface area contributed by atoms with E-state index in [0.717, 1.165) is 5.76 Å². The molecule has 1 atom stereocenters. The van der Waals surface area contributed by atoms with Gasteiger partial charge in [-0.15, -0.1) is 0 Å². The van der Waals surface area contributed by atoms with E-state index in [2.05, 4.69) is 0 Å². The van der Waals surface area contributed by atoms with E-state index in [1.807, 2.05) is 13.0 Å². The van der Waals surface area contributed by atoms with Crippen molar-refractivity contribution < 1.29 is 17.6 Å². The van der Waals surface area contributed by atoms with E-state index in [9.17, 15) is 13.2 Å². The van der Waals surface area contributed by atoms with Crippen molar-refractivity contribution in [2.45, 2.75) is 32.7 Å². The lowest BCUT2D eigenvalue weighted by Crippen LogP contribution is -2.42. The summed E-state index contributed by atoms with van der Waals surface area (Å²) in [6.07, 6.45) is 3.62. The number of furan rings is 1. The van der Waals surface area contributed by atoms with Crippen molar-refractivity contribution in [1.82, 2.24) is 4.90 Å². The molecular weight excluding hydrogens is 266 g/mol. The van der Waals surface area contributed by atoms with Gasteiger partial charge in [-0.05, 0) is 26.0 Å². The molecule has 1 aromatic rings. The van der Waals surface area contributed by atoms with E-state index in [-0.39, 0.29) is 17.7 Å². The van der Waals surface area contributed by atoms with Crippen LogP contribution in [-0.4, -0.2) is 43.8 Å². The average molecular weight is 287 g/mol. The molecule has 0 radical (unpaired) electrons. The van der Waals surface area contributed by atoms with Crippen molar-refractivity contribution in [2.24, 2.45) is 0 Å². The second kappa shape index (κ2) is 6.75. The van der Waals surface area contributed by atoms with Gasteiger partial charge >= 0.3 is 0 Å². The molecule has 0 saturated carbocycles. The molecule has 0 aliphatic heterocycles. The zero-order valence-corrected chi connectivity index (χ0v) is 12.4. The first-order valence-corrected chi connectivity index (χ1v) is 8.39. The fourth-order valence-corrected chi connectivity index (χ4v) is 3.15. The standard InChI is InChI=1S/C13H21NO4S/c1-4-14(11(2)10-19(3,16)17)13(15)8-7-12-6-5-9-18-12/h5-6,9,11H,4,7-8,10H2,1-3H3/t11-/m1/s1. The van der Waals surface area contributed by atoms with E-state index in [1.54, 1.807) is 24.2 Å². The molecule has 0 aliphatic carbocycles. The van der Waals surface area contributed by atoms with Gasteiger partial charge in [-0.1, -0.05) is 0 Å². The van der Waals surface area contributed by atoms with Crippen molar-refractivity contribution >= 4 is 15.7 Å². The Morgan fingerprint density at radius 2 is 2.16 bits per heavy atom. The van der Waals surface area contributed by atoms with Crippen molar-refractivity contribution in [3.63, 3.8) is 0 Å². The summed E-state index contributed by atoms with van der Waals surface area (Å²) in [5.74, 6) is 0.711. The van der Waals surface area contributed by atoms with E-state index in [1.165, 1.54) is 6.26 Å². The average Bonchev–Trinajstić information content (AvgIpc) is 2.77. The van der Waals surface area contributed by atoms with Gasteiger partial charge < -0.3 is 9.32 Å². The van der Waals surface area contributed by atoms with Crippen LogP contribution >= 0.6 is 0 Å². The van der Waals surface area contributed by atoms with Gasteiger partial charge in [-0.2, -0.15) is 0 Å². The van der Waals surface area contributed by atoms with Crippen molar-refractivity contribution in [1.29, 1.82) is 0 Å². The fourth-order valence-electron chi connectivity index (χ4n) is 2.09. The summed E-state index contributed by atoms with van der Waals surface area (Å²) in [6.45, 7) is 4.12. The highest BCUT2D eigenvalue weighted by Crippen LogP contribution is 2.09. The molecule has 0 N–H and O–H groups in total. The maximum absolute atomic E-state index is 12.1. The minimum Gasteiger partial charge on any atom is -0.469 e. The topological polar surface area (TPSA) is 67.6 Å². The van der Waals surface area contributed by atoms with Crippen molar-refractivity contribution in [3.8, 4) is 0 Å². The number of rotatable bonds is 7. The second-order valence-electron chi connectivity index (χ2n) is 4.70. The van der Waals surface area contributed by atoms with E-state index in [4.69, 9.17) is 4.42 Å². The molecule has 0 bridgehead atoms. The van der Waals surface area contributed by atoms with Crippen LogP contribution in [0.2, 0.25) is 0 Å². The zero-order chi connectivity index (χ0) is 14.5. The van der Waals surface area contributed by atoms with Crippen LogP contribution in [0.25, 0.3) is 0 Å². The van der Waals surface area contributed by atoms with Crippen LogP contribution < -0.4 is 0 Å². The molecule has 5 nitrogen and oxygen atoms in total. The van der Waals surface area contributed by atoms with E-state index >= 15 is 0 Å². The first kappa shape index (κ1) is 15.8. The fraction of sp³-hybridized carbons (Fsp3) is 0.615. The summed E-state index contributed by atoms with van der Waals surface area (Å²) in [5.41, 5.74) is 0. The Kier molecular flexibility index (Phi) is 5.60. The van der Waals surface area contributed by atoms with Crippen LogP contribution in [-0.2, 0) is 21.1 Å². The van der Waals surface area contributed by atoms with Gasteiger partial charge in [0.1, 0.15) is 15.6 Å². The Morgan fingerprint density at radius 3 is 2.63 bits per heavy atom. The molecule has 0 unspecified atom stereocenters. The molecule has 19 heavy (non-hydrogen) atoms. The quantitative estimate of drug-likeness (QED) is 0.762. The first-order chi connectivity index (χ1) is 8.83. The molecule has 0 spiro atoms. The van der Waals surface area contributed by atoms with Crippen molar-refractivity contribution in [3.05, 3.63) is 24.2 Å². The molecular formula is C13H21NO4S. The molecule has 1 amide bonds. The molecule has 1 rings (SSSR count). The van der Waals surface area contributed by atoms with Gasteiger partial charge in [-0.25, -0.2) is 8.42 Å². The smallest absolute Gasteiger partial charge is 0.223 e. The van der Waals surface area contributed by atoms with Crippen LogP contribution in [0, 0.1) is 0 Å². The molecule has 108 valence electrons. The van der Waals surface area contributed by atoms with E-state index in [0.29, 0.717) is 19.4 Å². The summed E-state index contributed by atoms with van der Waals surface area (Å²) < 4.78 is 27.7. The monoisotopic (exact) mass is 287 g/mol. The largest absolute Gasteiger partial charge is 0.469 e. The predicted molar refractivity (Wildman–Crippen MR) is 73.6 cm³/mol. The van der Waals surface area contributed by atoms with Gasteiger partial charge in [0, 0.05) is 31.7 Å². The highest BCUT2D eigenvalue weighted by molar-refractivity contribution is 7.90. The van der Waals surface area contributed by atoms with Gasteiger partial charge in [-0.3, -0.25) is 4.79 Å². The lowest BCUT2D eigenvalue weighted by atomic mass is 10.2. The van der Waals surface area contributed by atoms with Crippen LogP contribution in [0.1, 0.15) is 26.0 Å². The number of aryl methyl sites for hydroxylation is 1. The van der Waals surface area contributed by atoms with Gasteiger partial charge in [0.15, 0.2) is 0 Å². The van der Waals surface area contributed by atoms with Crippen LogP contribution in [0.3, 0.4) is 0 Å². The summed E-state index contributed by atoms with van der Waals surface area (Å²) >= 11 is 0. The maximum atomic E-state index is 12.1. The predicted octanol–water partition coefficient (Wildman–Crippen LogP) is 1.49. The number of nitrogens with zero attached hydrogens (tertiary/aromatic N) is 1. The third kappa shape index (κ3) is 5.46. The summed E-state index contributed by atoms with van der Waals surface area (Å²) in [7, 11) is -3.08. The molecule has 1 aromatic heterocycles. The normalized spacial score (nSPS) is 13.2. The van der Waals surface area contributed by atoms with Crippen LogP contribution in [0.5, 0.6) is 0 Å². The molecule has 1 heterocycles. The molecule has 0 aromatic carbocycles. The Bertz CT molecular complexity index is 493. The van der Waals surface area contributed by atoms with Crippen LogP contribution in [0.4, 0.5) is 0 Å². The summed E-state index contributed by atoms with van der Waals surface area (Å²) in [6, 6.07) is 3.30. The lowest BCUT2D eigenvalue weighted by Gasteiger charge is -2.27. The number of hydrogen-bond donors (Lipinski definition) is 0. The Morgan fingerprint density at radius 1 is 1.47 bits per heavy atom. The Hall–Kier alpha value is -1.30. The molecule has 0 saturated heterocycles. The number of hydrogen-bond acceptors (Lipinski definition) is 4. The Labute approximate surface area is 114 Å². The third-order valence-corrected chi connectivity index (χ3v) is 3.99. The minimum atomic E-state index is -3.08. The number of carbonyl (C=O) groups is 1. The van der Waals surface area contributed by atoms with Gasteiger partial charge in [0.25, 0.3) is 0 Å². The van der Waals surface area contributed by atoms with Crippen LogP contribution in [0.15, 0.2) is 22.8 Å². The summed E-state index contributed by atoms with van der Waals surface area (Å²) in [4.78, 5) is 13.7. The highest BCUT2D eigenvalue weighted by Gasteiger charge is 2.21. The maximum Gasteiger partial charge on any atom is 0.223 e. The van der Waals surface area contributed by atoms with Gasteiger partial charge in [0.05, 0.1) is 12.0 Å². The number of amides is 1. The van der Waals surface area contributed by atoms with E-state index < -0.39 is 9.84 Å². The number of sulfone groups is 1. The van der Waals surface area contributed by atoms with Crippen molar-refractivity contribution in [2.75, 3.05) is 18.6 Å².